The molecule has 1 aromatic carbocycles. The molecule has 2 heterocycles. The van der Waals surface area contributed by atoms with Crippen LogP contribution in [0.4, 0.5) is 5.69 Å². The van der Waals surface area contributed by atoms with E-state index >= 15 is 0 Å². The molecule has 158 valence electrons. The zero-order valence-electron chi connectivity index (χ0n) is 17.6. The number of nitrogens with zero attached hydrogens (tertiary/aromatic N) is 3. The number of anilines is 1. The fourth-order valence-electron chi connectivity index (χ4n) is 4.14. The van der Waals surface area contributed by atoms with Gasteiger partial charge in [-0.2, -0.15) is 0 Å². The van der Waals surface area contributed by atoms with Crippen molar-refractivity contribution in [1.29, 1.82) is 0 Å². The Balaban J connectivity index is 0.00000280. The van der Waals surface area contributed by atoms with Crippen molar-refractivity contribution >= 4 is 35.6 Å². The van der Waals surface area contributed by atoms with Crippen molar-refractivity contribution in [3.05, 3.63) is 29.8 Å². The smallest absolute Gasteiger partial charge is 0.191 e. The van der Waals surface area contributed by atoms with Gasteiger partial charge in [-0.15, -0.1) is 24.0 Å². The minimum atomic E-state index is 0. The minimum absolute atomic E-state index is 0. The van der Waals surface area contributed by atoms with E-state index in [9.17, 15) is 0 Å². The summed E-state index contributed by atoms with van der Waals surface area (Å²) in [6.07, 6.45) is 8.09. The molecule has 1 aromatic rings. The summed E-state index contributed by atoms with van der Waals surface area (Å²) in [6.45, 7) is 9.11. The summed E-state index contributed by atoms with van der Waals surface area (Å²) in [4.78, 5) is 9.49. The molecule has 0 bridgehead atoms. The Morgan fingerprint density at radius 3 is 2.39 bits per heavy atom. The SMILES string of the molecule is CN=C(NCCN1CCCCCC1)NC(C)c1cccc(N2CCCC2)c1.I. The lowest BCUT2D eigenvalue weighted by molar-refractivity contribution is 0.289. The highest BCUT2D eigenvalue weighted by Gasteiger charge is 2.15. The fraction of sp³-hybridized carbons (Fsp3) is 0.682. The number of hydrogen-bond acceptors (Lipinski definition) is 3. The maximum atomic E-state index is 4.42. The van der Waals surface area contributed by atoms with E-state index in [2.05, 4.69) is 56.6 Å². The van der Waals surface area contributed by atoms with E-state index in [1.807, 2.05) is 7.05 Å². The van der Waals surface area contributed by atoms with Crippen LogP contribution in [0.1, 0.15) is 57.1 Å². The van der Waals surface area contributed by atoms with Gasteiger partial charge in [0.05, 0.1) is 6.04 Å². The van der Waals surface area contributed by atoms with E-state index in [0.717, 1.165) is 19.0 Å². The third-order valence-electron chi connectivity index (χ3n) is 5.84. The van der Waals surface area contributed by atoms with Crippen LogP contribution in [0.25, 0.3) is 0 Å². The van der Waals surface area contributed by atoms with Gasteiger partial charge in [-0.1, -0.05) is 25.0 Å². The minimum Gasteiger partial charge on any atom is -0.372 e. The lowest BCUT2D eigenvalue weighted by Gasteiger charge is -2.23. The molecule has 2 fully saturated rings. The van der Waals surface area contributed by atoms with Crippen LogP contribution < -0.4 is 15.5 Å². The number of likely N-dealkylation sites (tertiary alicyclic amines) is 1. The van der Waals surface area contributed by atoms with E-state index < -0.39 is 0 Å². The number of nitrogens with one attached hydrogen (secondary N) is 2. The van der Waals surface area contributed by atoms with Gasteiger partial charge in [0.15, 0.2) is 5.96 Å². The maximum absolute atomic E-state index is 4.42. The Morgan fingerprint density at radius 2 is 1.71 bits per heavy atom. The summed E-state index contributed by atoms with van der Waals surface area (Å²) >= 11 is 0. The van der Waals surface area contributed by atoms with E-state index in [-0.39, 0.29) is 30.0 Å². The molecule has 0 saturated carbocycles. The number of aliphatic imine (C=N–C) groups is 1. The summed E-state index contributed by atoms with van der Waals surface area (Å²) in [7, 11) is 1.86. The Labute approximate surface area is 188 Å². The molecule has 2 aliphatic rings. The van der Waals surface area contributed by atoms with Crippen LogP contribution in [-0.4, -0.2) is 57.2 Å². The molecule has 6 heteroatoms. The van der Waals surface area contributed by atoms with Crippen LogP contribution in [0.15, 0.2) is 29.3 Å². The van der Waals surface area contributed by atoms with Gasteiger partial charge in [0, 0.05) is 38.9 Å². The number of benzene rings is 1. The predicted octanol–water partition coefficient (Wildman–Crippen LogP) is 4.01. The molecule has 0 aliphatic carbocycles. The van der Waals surface area contributed by atoms with Crippen molar-refractivity contribution < 1.29 is 0 Å². The Bertz CT molecular complexity index is 592. The van der Waals surface area contributed by atoms with Crippen molar-refractivity contribution in [3.8, 4) is 0 Å². The molecular formula is C22H38IN5. The van der Waals surface area contributed by atoms with Gasteiger partial charge in [-0.25, -0.2) is 0 Å². The van der Waals surface area contributed by atoms with Crippen molar-refractivity contribution in [1.82, 2.24) is 15.5 Å². The molecular weight excluding hydrogens is 461 g/mol. The quantitative estimate of drug-likeness (QED) is 0.353. The first-order valence-corrected chi connectivity index (χ1v) is 10.8. The van der Waals surface area contributed by atoms with Crippen molar-refractivity contribution in [2.75, 3.05) is 51.2 Å². The first-order valence-electron chi connectivity index (χ1n) is 10.8. The average molecular weight is 499 g/mol. The lowest BCUT2D eigenvalue weighted by Crippen LogP contribution is -2.42. The van der Waals surface area contributed by atoms with Crippen LogP contribution >= 0.6 is 24.0 Å². The Kier molecular flexibility index (Phi) is 10.4. The predicted molar refractivity (Wildman–Crippen MR) is 131 cm³/mol. The van der Waals surface area contributed by atoms with Gasteiger partial charge in [-0.3, -0.25) is 4.99 Å². The van der Waals surface area contributed by atoms with Crippen LogP contribution in [0.3, 0.4) is 0 Å². The van der Waals surface area contributed by atoms with E-state index in [0.29, 0.717) is 0 Å². The van der Waals surface area contributed by atoms with E-state index in [1.54, 1.807) is 0 Å². The third kappa shape index (κ3) is 7.10. The van der Waals surface area contributed by atoms with Crippen molar-refractivity contribution in [2.45, 2.75) is 51.5 Å². The highest BCUT2D eigenvalue weighted by molar-refractivity contribution is 14.0. The van der Waals surface area contributed by atoms with Gasteiger partial charge >= 0.3 is 0 Å². The first kappa shape index (κ1) is 23.3. The molecule has 0 aromatic heterocycles. The largest absolute Gasteiger partial charge is 0.372 e. The molecule has 2 saturated heterocycles. The second-order valence-electron chi connectivity index (χ2n) is 7.91. The first-order chi connectivity index (χ1) is 13.3. The number of halogens is 1. The molecule has 0 spiro atoms. The van der Waals surface area contributed by atoms with Crippen LogP contribution in [0.5, 0.6) is 0 Å². The van der Waals surface area contributed by atoms with Gasteiger partial charge in [-0.05, 0) is 63.4 Å². The molecule has 1 unspecified atom stereocenters. The number of hydrogen-bond donors (Lipinski definition) is 2. The van der Waals surface area contributed by atoms with Gasteiger partial charge in [0.2, 0.25) is 0 Å². The Hall–Kier alpha value is -1.02. The summed E-state index contributed by atoms with van der Waals surface area (Å²) in [5.74, 6) is 0.892. The second-order valence-corrected chi connectivity index (χ2v) is 7.91. The summed E-state index contributed by atoms with van der Waals surface area (Å²) in [6, 6.07) is 9.18. The fourth-order valence-corrected chi connectivity index (χ4v) is 4.14. The van der Waals surface area contributed by atoms with Crippen LogP contribution in [0.2, 0.25) is 0 Å². The van der Waals surface area contributed by atoms with Crippen LogP contribution in [0, 0.1) is 0 Å². The highest BCUT2D eigenvalue weighted by Crippen LogP contribution is 2.23. The molecule has 1 atom stereocenters. The standard InChI is InChI=1S/C22H37N5.HI/c1-19(20-10-9-11-21(18-20)27-15-7-8-16-27)25-22(23-2)24-12-17-26-13-5-3-4-6-14-26;/h9-11,18-19H,3-8,12-17H2,1-2H3,(H2,23,24,25);1H. The molecule has 0 radical (unpaired) electrons. The monoisotopic (exact) mass is 499 g/mol. The van der Waals surface area contributed by atoms with Crippen molar-refractivity contribution in [3.63, 3.8) is 0 Å². The van der Waals surface area contributed by atoms with Gasteiger partial charge in [0.1, 0.15) is 0 Å². The molecule has 2 N–H and O–H groups in total. The molecule has 0 amide bonds. The topological polar surface area (TPSA) is 42.9 Å². The number of rotatable bonds is 6. The molecule has 2 aliphatic heterocycles. The van der Waals surface area contributed by atoms with Gasteiger partial charge < -0.3 is 20.4 Å². The molecule has 5 nitrogen and oxygen atoms in total. The second kappa shape index (κ2) is 12.5. The van der Waals surface area contributed by atoms with Crippen LogP contribution in [-0.2, 0) is 0 Å². The highest BCUT2D eigenvalue weighted by atomic mass is 127. The molecule has 3 rings (SSSR count). The van der Waals surface area contributed by atoms with E-state index in [1.165, 1.54) is 76.0 Å². The zero-order chi connectivity index (χ0) is 18.9. The Morgan fingerprint density at radius 1 is 1.04 bits per heavy atom. The van der Waals surface area contributed by atoms with E-state index in [4.69, 9.17) is 0 Å². The van der Waals surface area contributed by atoms with Gasteiger partial charge in [0.25, 0.3) is 0 Å². The zero-order valence-corrected chi connectivity index (χ0v) is 20.0. The third-order valence-corrected chi connectivity index (χ3v) is 5.84. The van der Waals surface area contributed by atoms with Crippen molar-refractivity contribution in [2.24, 2.45) is 4.99 Å². The average Bonchev–Trinajstić information content (AvgIpc) is 3.12. The normalized spacial score (nSPS) is 19.6. The maximum Gasteiger partial charge on any atom is 0.191 e. The molecule has 28 heavy (non-hydrogen) atoms. The summed E-state index contributed by atoms with van der Waals surface area (Å²) < 4.78 is 0. The number of guanidine groups is 1. The lowest BCUT2D eigenvalue weighted by atomic mass is 10.1. The summed E-state index contributed by atoms with van der Waals surface area (Å²) in [5, 5.41) is 7.05. The summed E-state index contributed by atoms with van der Waals surface area (Å²) in [5.41, 5.74) is 2.66.